The molecule has 0 saturated carbocycles. The number of carbonyl (C=O) groups is 1. The Kier molecular flexibility index (Phi) is 4.66. The summed E-state index contributed by atoms with van der Waals surface area (Å²) in [6, 6.07) is 0. The summed E-state index contributed by atoms with van der Waals surface area (Å²) in [5.41, 5.74) is -2.26. The summed E-state index contributed by atoms with van der Waals surface area (Å²) >= 11 is 0. The second-order valence-electron chi connectivity index (χ2n) is 4.58. The summed E-state index contributed by atoms with van der Waals surface area (Å²) in [5, 5.41) is 4.22. The second kappa shape index (κ2) is 6.30. The molecule has 0 aliphatic carbocycles. The van der Waals surface area contributed by atoms with Crippen LogP contribution in [0.3, 0.4) is 0 Å². The van der Waals surface area contributed by atoms with Crippen molar-refractivity contribution in [3.8, 4) is 0 Å². The largest absolute Gasteiger partial charge is 0.383 e. The average molecular weight is 306 g/mol. The third-order valence-electron chi connectivity index (χ3n) is 3.21. The van der Waals surface area contributed by atoms with Gasteiger partial charge in [-0.2, -0.15) is 0 Å². The lowest BCUT2D eigenvalue weighted by atomic mass is 10.1. The molecule has 1 aromatic rings. The molecule has 1 heterocycles. The summed E-state index contributed by atoms with van der Waals surface area (Å²) < 4.78 is 59.9. The Morgan fingerprint density at radius 2 is 1.71 bits per heavy atom. The number of ether oxygens (including phenoxy) is 1. The lowest BCUT2D eigenvalue weighted by molar-refractivity contribution is -0.00288. The first-order valence-electron chi connectivity index (χ1n) is 6.43. The molecule has 0 spiro atoms. The first-order valence-corrected chi connectivity index (χ1v) is 6.43. The minimum atomic E-state index is -1.74. The molecule has 4 nitrogen and oxygen atoms in total. The van der Waals surface area contributed by atoms with Crippen LogP contribution in [0.25, 0.3) is 0 Å². The summed E-state index contributed by atoms with van der Waals surface area (Å²) in [6.45, 7) is 0.400. The van der Waals surface area contributed by atoms with E-state index in [4.69, 9.17) is 4.74 Å². The predicted octanol–water partition coefficient (Wildman–Crippen LogP) is 2.54. The lowest BCUT2D eigenvalue weighted by Gasteiger charge is -2.23. The molecule has 1 saturated heterocycles. The van der Waals surface area contributed by atoms with E-state index in [0.29, 0.717) is 13.0 Å². The van der Waals surface area contributed by atoms with Crippen LogP contribution in [0.1, 0.15) is 29.6 Å². The molecule has 1 aliphatic rings. The third-order valence-corrected chi connectivity index (χ3v) is 3.21. The van der Waals surface area contributed by atoms with Crippen LogP contribution in [-0.2, 0) is 4.74 Å². The van der Waals surface area contributed by atoms with E-state index in [9.17, 15) is 22.4 Å². The molecule has 1 amide bonds. The van der Waals surface area contributed by atoms with Gasteiger partial charge in [-0.15, -0.1) is 0 Å². The van der Waals surface area contributed by atoms with Gasteiger partial charge in [0.25, 0.3) is 5.91 Å². The molecule has 1 fully saturated rings. The van der Waals surface area contributed by atoms with Gasteiger partial charge in [-0.05, 0) is 19.3 Å². The number of hydrogen-bond acceptors (Lipinski definition) is 3. The van der Waals surface area contributed by atoms with Crippen LogP contribution < -0.4 is 10.6 Å². The zero-order valence-electron chi connectivity index (χ0n) is 11.2. The SMILES string of the molecule is CNc1c(F)c(F)c(C(=O)NC2CCCCO2)c(F)c1F. The number of amides is 1. The third kappa shape index (κ3) is 2.94. The van der Waals surface area contributed by atoms with Crippen LogP contribution in [0.5, 0.6) is 0 Å². The predicted molar refractivity (Wildman–Crippen MR) is 66.9 cm³/mol. The van der Waals surface area contributed by atoms with E-state index in [1.165, 1.54) is 0 Å². The molecule has 8 heteroatoms. The first kappa shape index (κ1) is 15.6. The van der Waals surface area contributed by atoms with Gasteiger partial charge in [-0.3, -0.25) is 4.79 Å². The first-order chi connectivity index (χ1) is 9.97. The fourth-order valence-electron chi connectivity index (χ4n) is 2.12. The highest BCUT2D eigenvalue weighted by atomic mass is 19.2. The van der Waals surface area contributed by atoms with Crippen molar-refractivity contribution < 1.29 is 27.1 Å². The molecular weight excluding hydrogens is 292 g/mol. The van der Waals surface area contributed by atoms with E-state index >= 15 is 0 Å². The monoisotopic (exact) mass is 306 g/mol. The van der Waals surface area contributed by atoms with Gasteiger partial charge in [0, 0.05) is 13.7 Å². The standard InChI is InChI=1S/C13H14F4N2O2/c1-18-12-10(16)8(14)7(9(15)11(12)17)13(20)19-6-4-2-3-5-21-6/h6,18H,2-5H2,1H3,(H,19,20). The Hall–Kier alpha value is -1.83. The van der Waals surface area contributed by atoms with Crippen LogP contribution in [-0.4, -0.2) is 25.8 Å². The zero-order chi connectivity index (χ0) is 15.6. The van der Waals surface area contributed by atoms with E-state index in [-0.39, 0.29) is 0 Å². The Labute approximate surface area is 118 Å². The molecule has 0 radical (unpaired) electrons. The zero-order valence-corrected chi connectivity index (χ0v) is 11.2. The van der Waals surface area contributed by atoms with Crippen LogP contribution in [0.2, 0.25) is 0 Å². The van der Waals surface area contributed by atoms with E-state index < -0.39 is 46.7 Å². The van der Waals surface area contributed by atoms with Crippen LogP contribution in [0, 0.1) is 23.3 Å². The highest BCUT2D eigenvalue weighted by Crippen LogP contribution is 2.28. The summed E-state index contributed by atoms with van der Waals surface area (Å²) in [4.78, 5) is 11.8. The molecule has 1 aliphatic heterocycles. The van der Waals surface area contributed by atoms with Crippen molar-refractivity contribution in [1.29, 1.82) is 0 Å². The van der Waals surface area contributed by atoms with E-state index in [1.54, 1.807) is 0 Å². The maximum absolute atomic E-state index is 13.8. The van der Waals surface area contributed by atoms with Crippen molar-refractivity contribution in [2.24, 2.45) is 0 Å². The summed E-state index contributed by atoms with van der Waals surface area (Å²) in [7, 11) is 1.11. The van der Waals surface area contributed by atoms with E-state index in [0.717, 1.165) is 19.9 Å². The maximum atomic E-state index is 13.8. The van der Waals surface area contributed by atoms with Crippen LogP contribution in [0.4, 0.5) is 23.2 Å². The fourth-order valence-corrected chi connectivity index (χ4v) is 2.12. The molecular formula is C13H14F4N2O2. The minimum Gasteiger partial charge on any atom is -0.383 e. The number of carbonyl (C=O) groups excluding carboxylic acids is 1. The second-order valence-corrected chi connectivity index (χ2v) is 4.58. The van der Waals surface area contributed by atoms with Gasteiger partial charge in [-0.25, -0.2) is 17.6 Å². The smallest absolute Gasteiger partial charge is 0.259 e. The van der Waals surface area contributed by atoms with Crippen LogP contribution >= 0.6 is 0 Å². The van der Waals surface area contributed by atoms with Crippen molar-refractivity contribution in [3.05, 3.63) is 28.8 Å². The normalized spacial score (nSPS) is 18.4. The molecule has 1 aromatic carbocycles. The van der Waals surface area contributed by atoms with Crippen molar-refractivity contribution in [2.75, 3.05) is 19.0 Å². The quantitative estimate of drug-likeness (QED) is 0.666. The number of halogens is 4. The molecule has 2 rings (SSSR count). The van der Waals surface area contributed by atoms with Gasteiger partial charge in [0.1, 0.15) is 17.5 Å². The van der Waals surface area contributed by atoms with Gasteiger partial charge in [-0.1, -0.05) is 0 Å². The molecule has 0 aromatic heterocycles. The number of benzene rings is 1. The number of hydrogen-bond donors (Lipinski definition) is 2. The molecule has 2 N–H and O–H groups in total. The number of anilines is 1. The number of rotatable bonds is 3. The van der Waals surface area contributed by atoms with Crippen molar-refractivity contribution >= 4 is 11.6 Å². The van der Waals surface area contributed by atoms with Gasteiger partial charge >= 0.3 is 0 Å². The molecule has 1 atom stereocenters. The van der Waals surface area contributed by atoms with E-state index in [1.807, 2.05) is 5.32 Å². The topological polar surface area (TPSA) is 50.4 Å². The van der Waals surface area contributed by atoms with Crippen LogP contribution in [0.15, 0.2) is 0 Å². The number of nitrogens with one attached hydrogen (secondary N) is 2. The Morgan fingerprint density at radius 3 is 2.19 bits per heavy atom. The van der Waals surface area contributed by atoms with E-state index in [2.05, 4.69) is 5.32 Å². The Morgan fingerprint density at radius 1 is 1.10 bits per heavy atom. The summed E-state index contributed by atoms with van der Waals surface area (Å²) in [5.74, 6) is -8.03. The van der Waals surface area contributed by atoms with Gasteiger partial charge < -0.3 is 15.4 Å². The molecule has 0 bridgehead atoms. The highest BCUT2D eigenvalue weighted by Gasteiger charge is 2.30. The van der Waals surface area contributed by atoms with Crippen molar-refractivity contribution in [3.63, 3.8) is 0 Å². The van der Waals surface area contributed by atoms with Crippen molar-refractivity contribution in [2.45, 2.75) is 25.5 Å². The lowest BCUT2D eigenvalue weighted by Crippen LogP contribution is -2.40. The maximum Gasteiger partial charge on any atom is 0.259 e. The molecule has 21 heavy (non-hydrogen) atoms. The van der Waals surface area contributed by atoms with Gasteiger partial charge in [0.2, 0.25) is 0 Å². The van der Waals surface area contributed by atoms with Crippen molar-refractivity contribution in [1.82, 2.24) is 5.32 Å². The highest BCUT2D eigenvalue weighted by molar-refractivity contribution is 5.95. The Balaban J connectivity index is 2.32. The fraction of sp³-hybridized carbons (Fsp3) is 0.462. The molecule has 1 unspecified atom stereocenters. The average Bonchev–Trinajstić information content (AvgIpc) is 2.47. The van der Waals surface area contributed by atoms with Gasteiger partial charge in [0.05, 0.1) is 0 Å². The summed E-state index contributed by atoms with van der Waals surface area (Å²) in [6.07, 6.45) is 1.33. The van der Waals surface area contributed by atoms with Gasteiger partial charge in [0.15, 0.2) is 23.3 Å². The minimum absolute atomic E-state index is 0.400. The Bertz CT molecular complexity index is 531. The molecule has 116 valence electrons.